The van der Waals surface area contributed by atoms with Crippen LogP contribution in [0.4, 0.5) is 0 Å². The van der Waals surface area contributed by atoms with Crippen LogP contribution in [0.5, 0.6) is 0 Å². The van der Waals surface area contributed by atoms with Crippen molar-refractivity contribution in [3.05, 3.63) is 142 Å². The maximum atomic E-state index is 12.7. The Balaban J connectivity index is 1.97. The molecule has 4 aromatic rings. The van der Waals surface area contributed by atoms with Gasteiger partial charge in [0.2, 0.25) is 0 Å². The molecule has 0 fully saturated rings. The lowest BCUT2D eigenvalue weighted by molar-refractivity contribution is 0.650. The largest absolute Gasteiger partial charge is 0.234 e. The van der Waals surface area contributed by atoms with Gasteiger partial charge in [-0.15, -0.1) is 0 Å². The van der Waals surface area contributed by atoms with Crippen LogP contribution in [0.2, 0.25) is 0 Å². The second kappa shape index (κ2) is 18.4. The molecule has 4 rings (SSSR count). The van der Waals surface area contributed by atoms with E-state index in [9.17, 15) is 16.8 Å². The van der Waals surface area contributed by atoms with Gasteiger partial charge in [-0.25, -0.2) is 16.8 Å². The Bertz CT molecular complexity index is 1890. The highest BCUT2D eigenvalue weighted by molar-refractivity contribution is 7.86. The normalized spacial score (nSPS) is 16.6. The van der Waals surface area contributed by atoms with E-state index in [2.05, 4.69) is 66.1 Å². The number of benzene rings is 4. The fraction of sp³-hybridized carbons (Fsp3) is 0.378. The highest BCUT2D eigenvalue weighted by atomic mass is 32.2. The molecule has 8 nitrogen and oxygen atoms in total. The molecule has 0 aliphatic carbocycles. The Kier molecular flexibility index (Phi) is 14.8. The molecule has 4 unspecified atom stereocenters. The quantitative estimate of drug-likeness (QED) is 0.104. The first kappa shape index (κ1) is 45.9. The zero-order valence-electron chi connectivity index (χ0n) is 35.1. The zero-order valence-corrected chi connectivity index (χ0v) is 38.4. The van der Waals surface area contributed by atoms with Crippen molar-refractivity contribution in [2.75, 3.05) is 0 Å². The summed E-state index contributed by atoms with van der Waals surface area (Å²) >= 11 is 0. The van der Waals surface area contributed by atoms with E-state index in [0.717, 1.165) is 44.5 Å². The van der Waals surface area contributed by atoms with Crippen molar-refractivity contribution in [3.8, 4) is 0 Å². The Labute approximate surface area is 350 Å². The van der Waals surface area contributed by atoms with Gasteiger partial charge in [0.1, 0.15) is 43.9 Å². The van der Waals surface area contributed by atoms with Crippen LogP contribution >= 0.6 is 0 Å². The van der Waals surface area contributed by atoms with Crippen molar-refractivity contribution in [1.82, 2.24) is 0 Å². The highest BCUT2D eigenvalue weighted by Gasteiger charge is 2.38. The average Bonchev–Trinajstić information content (AvgIpc) is 3.14. The van der Waals surface area contributed by atoms with E-state index in [1.165, 1.54) is 0 Å². The van der Waals surface area contributed by atoms with Crippen LogP contribution in [-0.2, 0) is 49.4 Å². The summed E-state index contributed by atoms with van der Waals surface area (Å²) in [4.78, 5) is 0. The summed E-state index contributed by atoms with van der Waals surface area (Å²) in [5, 5.41) is 0. The SMILES string of the molecule is CC(C)(C)S(=O)/N=C/c1ccc(C(c2ccc(/C=N/S(=O)C(C)(C)C)cc2)(c2ccc(/C=N/S(=O)C(C)(C)C)cc2)c2ccc(/C=N/S(=O)C(C)(C)C)cc2)cc1. The van der Waals surface area contributed by atoms with Gasteiger partial charge >= 0.3 is 0 Å². The molecule has 0 saturated carbocycles. The minimum absolute atomic E-state index is 0.485. The van der Waals surface area contributed by atoms with Crippen molar-refractivity contribution >= 4 is 68.8 Å². The summed E-state index contributed by atoms with van der Waals surface area (Å²) in [6.07, 6.45) is 6.59. The third-order valence-electron chi connectivity index (χ3n) is 8.66. The van der Waals surface area contributed by atoms with Gasteiger partial charge in [-0.2, -0.15) is 17.6 Å². The first-order chi connectivity index (χ1) is 26.4. The molecule has 0 saturated heterocycles. The Morgan fingerprint density at radius 3 is 0.614 bits per heavy atom. The van der Waals surface area contributed by atoms with Gasteiger partial charge in [-0.05, 0) is 128 Å². The van der Waals surface area contributed by atoms with Crippen LogP contribution in [0.25, 0.3) is 0 Å². The van der Waals surface area contributed by atoms with E-state index in [-0.39, 0.29) is 0 Å². The lowest BCUT2D eigenvalue weighted by Crippen LogP contribution is -2.31. The molecule has 0 amide bonds. The second-order valence-corrected chi connectivity index (χ2v) is 25.4. The molecule has 0 spiro atoms. The fourth-order valence-electron chi connectivity index (χ4n) is 5.34. The van der Waals surface area contributed by atoms with Gasteiger partial charge in [0, 0.05) is 24.9 Å². The van der Waals surface area contributed by atoms with Gasteiger partial charge in [0.05, 0.1) is 24.4 Å². The number of rotatable bonds is 12. The van der Waals surface area contributed by atoms with E-state index in [1.807, 2.05) is 132 Å². The highest BCUT2D eigenvalue weighted by Crippen LogP contribution is 2.45. The van der Waals surface area contributed by atoms with Gasteiger partial charge in [0.25, 0.3) is 0 Å². The van der Waals surface area contributed by atoms with E-state index >= 15 is 0 Å². The first-order valence-electron chi connectivity index (χ1n) is 18.7. The number of nitrogens with zero attached hydrogens (tertiary/aromatic N) is 4. The van der Waals surface area contributed by atoms with E-state index in [1.54, 1.807) is 24.9 Å². The topological polar surface area (TPSA) is 118 Å². The molecule has 0 aliphatic heterocycles. The molecule has 4 atom stereocenters. The Hall–Kier alpha value is -3.84. The van der Waals surface area contributed by atoms with Crippen molar-refractivity contribution < 1.29 is 16.8 Å². The molecule has 304 valence electrons. The van der Waals surface area contributed by atoms with E-state index in [0.29, 0.717) is 0 Å². The monoisotopic (exact) mass is 844 g/mol. The van der Waals surface area contributed by atoms with Crippen molar-refractivity contribution in [1.29, 1.82) is 0 Å². The zero-order chi connectivity index (χ0) is 42.4. The van der Waals surface area contributed by atoms with Gasteiger partial charge < -0.3 is 0 Å². The third-order valence-corrected chi connectivity index (χ3v) is 14.0. The predicted molar refractivity (Wildman–Crippen MR) is 247 cm³/mol. The van der Waals surface area contributed by atoms with Crippen molar-refractivity contribution in [3.63, 3.8) is 0 Å². The standard InChI is InChI=1S/C45H56N4O4S4/c1-41(2,3)54(50)46-29-33-13-21-37(22-14-33)45(38-23-15-34(16-24-38)30-47-55(51)42(4,5)6,39-25-17-35(18-26-39)31-48-56(52)43(7,8)9)40-27-19-36(20-28-40)32-49-57(53)44(10,11)12/h13-32H,1-12H3/b46-29+,47-30+,48-31+,49-32+. The lowest BCUT2D eigenvalue weighted by Gasteiger charge is -2.37. The molecule has 0 bridgehead atoms. The molecule has 12 heteroatoms. The average molecular weight is 845 g/mol. The van der Waals surface area contributed by atoms with Crippen LogP contribution < -0.4 is 0 Å². The summed E-state index contributed by atoms with van der Waals surface area (Å²) in [7, 11) is -5.62. The van der Waals surface area contributed by atoms with E-state index in [4.69, 9.17) is 0 Å². The lowest BCUT2D eigenvalue weighted by atomic mass is 9.65. The second-order valence-electron chi connectivity index (χ2n) is 17.6. The van der Waals surface area contributed by atoms with Gasteiger partial charge in [-0.1, -0.05) is 97.1 Å². The maximum Gasteiger partial charge on any atom is 0.144 e. The van der Waals surface area contributed by atoms with Crippen LogP contribution in [-0.4, -0.2) is 60.7 Å². The van der Waals surface area contributed by atoms with Gasteiger partial charge in [-0.3, -0.25) is 0 Å². The third kappa shape index (κ3) is 12.1. The minimum Gasteiger partial charge on any atom is -0.234 e. The fourth-order valence-corrected chi connectivity index (χ4v) is 7.48. The Morgan fingerprint density at radius 1 is 0.316 bits per heavy atom. The summed E-state index contributed by atoms with van der Waals surface area (Å²) < 4.78 is 66.4. The van der Waals surface area contributed by atoms with Crippen LogP contribution in [0, 0.1) is 0 Å². The van der Waals surface area contributed by atoms with E-state index < -0.39 is 68.3 Å². The summed E-state index contributed by atoms with van der Waals surface area (Å²) in [5.74, 6) is 0. The smallest absolute Gasteiger partial charge is 0.144 e. The van der Waals surface area contributed by atoms with Gasteiger partial charge in [0.15, 0.2) is 0 Å². The van der Waals surface area contributed by atoms with Crippen molar-refractivity contribution in [2.24, 2.45) is 17.6 Å². The molecule has 0 aliphatic rings. The number of hydrogen-bond acceptors (Lipinski definition) is 4. The predicted octanol–water partition coefficient (Wildman–Crippen LogP) is 9.59. The molecular formula is C45H56N4O4S4. The first-order valence-corrected chi connectivity index (χ1v) is 23.1. The molecule has 4 aromatic carbocycles. The molecule has 0 radical (unpaired) electrons. The molecule has 0 aromatic heterocycles. The van der Waals surface area contributed by atoms with Crippen LogP contribution in [0.15, 0.2) is 115 Å². The molecular weight excluding hydrogens is 789 g/mol. The van der Waals surface area contributed by atoms with Crippen LogP contribution in [0.1, 0.15) is 128 Å². The van der Waals surface area contributed by atoms with Crippen LogP contribution in [0.3, 0.4) is 0 Å². The summed E-state index contributed by atoms with van der Waals surface area (Å²) in [5.41, 5.74) is 6.17. The number of hydrogen-bond donors (Lipinski definition) is 0. The van der Waals surface area contributed by atoms with Crippen molar-refractivity contribution in [2.45, 2.75) is 107 Å². The minimum atomic E-state index is -1.41. The summed E-state index contributed by atoms with van der Waals surface area (Å²) in [6.45, 7) is 22.7. The molecule has 0 N–H and O–H groups in total. The Morgan fingerprint density at radius 2 is 0.474 bits per heavy atom. The molecule has 0 heterocycles. The molecule has 57 heavy (non-hydrogen) atoms. The maximum absolute atomic E-state index is 12.7. The summed E-state index contributed by atoms with van der Waals surface area (Å²) in [6, 6.07) is 32.3.